The lowest BCUT2D eigenvalue weighted by Gasteiger charge is -2.18. The molecule has 0 saturated heterocycles. The van der Waals surface area contributed by atoms with Crippen LogP contribution in [0.25, 0.3) is 10.9 Å². The summed E-state index contributed by atoms with van der Waals surface area (Å²) in [7, 11) is 0. The maximum atomic E-state index is 11.9. The monoisotopic (exact) mass is 337 g/mol. The Morgan fingerprint density at radius 3 is 2.44 bits per heavy atom. The first-order chi connectivity index (χ1) is 12.3. The van der Waals surface area contributed by atoms with Crippen LogP contribution in [-0.2, 0) is 11.2 Å². The Kier molecular flexibility index (Phi) is 4.71. The predicted octanol–water partition coefficient (Wildman–Crippen LogP) is 4.08. The zero-order chi connectivity index (χ0) is 17.2. The fourth-order valence-electron chi connectivity index (χ4n) is 4.73. The number of pyridine rings is 1. The molecule has 3 N–H and O–H groups in total. The number of carbonyl (C=O) groups is 1. The van der Waals surface area contributed by atoms with Crippen molar-refractivity contribution in [2.75, 3.05) is 0 Å². The zero-order valence-corrected chi connectivity index (χ0v) is 14.8. The normalized spacial score (nSPS) is 18.9. The quantitative estimate of drug-likeness (QED) is 0.502. The van der Waals surface area contributed by atoms with Gasteiger partial charge in [0.25, 0.3) is 0 Å². The van der Waals surface area contributed by atoms with Crippen LogP contribution >= 0.6 is 0 Å². The molecule has 0 aliphatic heterocycles. The third-order valence-corrected chi connectivity index (χ3v) is 6.06. The molecule has 0 atom stereocenters. The standard InChI is InChI=1S/C21H27N3O/c22-24-20(25)13-16-12-19(15-8-3-4-9-15)23-21-17(10-5-11-18(16)21)14-6-1-2-7-14/h5,10-12,14-15H,1-4,6-9,13,22H2,(H,24,25). The molecule has 2 aliphatic carbocycles. The number of amides is 1. The molecule has 1 aromatic heterocycles. The van der Waals surface area contributed by atoms with Gasteiger partial charge in [-0.05, 0) is 48.8 Å². The minimum absolute atomic E-state index is 0.142. The van der Waals surface area contributed by atoms with E-state index in [0.29, 0.717) is 18.3 Å². The van der Waals surface area contributed by atoms with Crippen LogP contribution in [0.5, 0.6) is 0 Å². The lowest BCUT2D eigenvalue weighted by Crippen LogP contribution is -2.31. The van der Waals surface area contributed by atoms with Crippen LogP contribution in [0.1, 0.15) is 80.0 Å². The van der Waals surface area contributed by atoms with Crippen molar-refractivity contribution in [1.82, 2.24) is 10.4 Å². The minimum Gasteiger partial charge on any atom is -0.294 e. The Labute approximate surface area is 149 Å². The second kappa shape index (κ2) is 7.12. The summed E-state index contributed by atoms with van der Waals surface area (Å²) in [5.41, 5.74) is 7.02. The van der Waals surface area contributed by atoms with E-state index < -0.39 is 0 Å². The molecule has 4 heteroatoms. The third-order valence-electron chi connectivity index (χ3n) is 6.06. The number of aromatic nitrogens is 1. The van der Waals surface area contributed by atoms with E-state index in [1.807, 2.05) is 0 Å². The molecule has 0 unspecified atom stereocenters. The summed E-state index contributed by atoms with van der Waals surface area (Å²) in [4.78, 5) is 17.1. The van der Waals surface area contributed by atoms with Crippen LogP contribution in [-0.4, -0.2) is 10.9 Å². The lowest BCUT2D eigenvalue weighted by molar-refractivity contribution is -0.120. The molecule has 4 rings (SSSR count). The van der Waals surface area contributed by atoms with E-state index in [2.05, 4.69) is 29.7 Å². The first kappa shape index (κ1) is 16.5. The highest BCUT2D eigenvalue weighted by Gasteiger charge is 2.24. The highest BCUT2D eigenvalue weighted by atomic mass is 16.2. The van der Waals surface area contributed by atoms with Crippen molar-refractivity contribution >= 4 is 16.8 Å². The maximum absolute atomic E-state index is 11.9. The highest BCUT2D eigenvalue weighted by molar-refractivity contribution is 5.90. The molecule has 0 spiro atoms. The van der Waals surface area contributed by atoms with Crippen molar-refractivity contribution in [3.8, 4) is 0 Å². The van der Waals surface area contributed by atoms with Gasteiger partial charge in [0.05, 0.1) is 11.9 Å². The maximum Gasteiger partial charge on any atom is 0.238 e. The summed E-state index contributed by atoms with van der Waals surface area (Å²) < 4.78 is 0. The molecule has 2 fully saturated rings. The second-order valence-electron chi connectivity index (χ2n) is 7.66. The van der Waals surface area contributed by atoms with Crippen LogP contribution in [0.3, 0.4) is 0 Å². The largest absolute Gasteiger partial charge is 0.294 e. The number of benzene rings is 1. The SMILES string of the molecule is NNC(=O)Cc1cc(C2CCCC2)nc2c(C3CCCC3)cccc12. The second-order valence-corrected chi connectivity index (χ2v) is 7.66. The molecule has 132 valence electrons. The number of hydrogen-bond acceptors (Lipinski definition) is 3. The van der Waals surface area contributed by atoms with Crippen molar-refractivity contribution in [2.24, 2.45) is 5.84 Å². The summed E-state index contributed by atoms with van der Waals surface area (Å²) in [6.07, 6.45) is 10.5. The van der Waals surface area contributed by atoms with Gasteiger partial charge in [-0.2, -0.15) is 0 Å². The number of nitrogens with two attached hydrogens (primary N) is 1. The molecule has 1 aromatic carbocycles. The molecular weight excluding hydrogens is 310 g/mol. The molecule has 4 nitrogen and oxygen atoms in total. The van der Waals surface area contributed by atoms with Gasteiger partial charge in [-0.3, -0.25) is 15.2 Å². The number of carbonyl (C=O) groups excluding carboxylic acids is 1. The Morgan fingerprint density at radius 2 is 1.76 bits per heavy atom. The average Bonchev–Trinajstić information content (AvgIpc) is 3.34. The third kappa shape index (κ3) is 3.28. The van der Waals surface area contributed by atoms with Gasteiger partial charge >= 0.3 is 0 Å². The first-order valence-corrected chi connectivity index (χ1v) is 9.68. The van der Waals surface area contributed by atoms with Gasteiger partial charge in [0, 0.05) is 17.0 Å². The van der Waals surface area contributed by atoms with E-state index in [1.54, 1.807) is 0 Å². The van der Waals surface area contributed by atoms with Crippen molar-refractivity contribution < 1.29 is 4.79 Å². The van der Waals surface area contributed by atoms with Gasteiger partial charge in [0.2, 0.25) is 5.91 Å². The molecule has 1 amide bonds. The van der Waals surface area contributed by atoms with E-state index >= 15 is 0 Å². The Balaban J connectivity index is 1.85. The van der Waals surface area contributed by atoms with E-state index in [1.165, 1.54) is 62.6 Å². The van der Waals surface area contributed by atoms with Crippen LogP contribution in [0, 0.1) is 0 Å². The fraction of sp³-hybridized carbons (Fsp3) is 0.524. The number of hydrogen-bond donors (Lipinski definition) is 2. The molecule has 2 aromatic rings. The fourth-order valence-corrected chi connectivity index (χ4v) is 4.73. The van der Waals surface area contributed by atoms with Gasteiger partial charge in [0.15, 0.2) is 0 Å². The van der Waals surface area contributed by atoms with Gasteiger partial charge in [-0.15, -0.1) is 0 Å². The Hall–Kier alpha value is -1.94. The summed E-state index contributed by atoms with van der Waals surface area (Å²) in [6, 6.07) is 8.64. The molecule has 0 bridgehead atoms. The molecular formula is C21H27N3O. The topological polar surface area (TPSA) is 68.0 Å². The van der Waals surface area contributed by atoms with Crippen molar-refractivity contribution in [3.05, 3.63) is 41.1 Å². The van der Waals surface area contributed by atoms with E-state index in [0.717, 1.165) is 16.5 Å². The van der Waals surface area contributed by atoms with Crippen LogP contribution < -0.4 is 11.3 Å². The Morgan fingerprint density at radius 1 is 1.08 bits per heavy atom. The minimum atomic E-state index is -0.142. The molecule has 2 saturated carbocycles. The van der Waals surface area contributed by atoms with E-state index in [4.69, 9.17) is 10.8 Å². The first-order valence-electron chi connectivity index (χ1n) is 9.68. The number of fused-ring (bicyclic) bond motifs is 1. The molecule has 0 radical (unpaired) electrons. The summed E-state index contributed by atoms with van der Waals surface area (Å²) in [5, 5.41) is 1.12. The number of hydrazine groups is 1. The van der Waals surface area contributed by atoms with E-state index in [-0.39, 0.29) is 5.91 Å². The lowest BCUT2D eigenvalue weighted by atomic mass is 9.91. The summed E-state index contributed by atoms with van der Waals surface area (Å²) >= 11 is 0. The molecule has 1 heterocycles. The van der Waals surface area contributed by atoms with Gasteiger partial charge in [-0.25, -0.2) is 5.84 Å². The highest BCUT2D eigenvalue weighted by Crippen LogP contribution is 2.40. The van der Waals surface area contributed by atoms with Gasteiger partial charge in [-0.1, -0.05) is 43.9 Å². The average molecular weight is 337 g/mol. The van der Waals surface area contributed by atoms with Crippen molar-refractivity contribution in [2.45, 2.75) is 69.6 Å². The van der Waals surface area contributed by atoms with Crippen LogP contribution in [0.15, 0.2) is 24.3 Å². The predicted molar refractivity (Wildman–Crippen MR) is 100 cm³/mol. The molecule has 2 aliphatic rings. The number of para-hydroxylation sites is 1. The van der Waals surface area contributed by atoms with Gasteiger partial charge < -0.3 is 0 Å². The van der Waals surface area contributed by atoms with Crippen molar-refractivity contribution in [3.63, 3.8) is 0 Å². The number of nitrogens with zero attached hydrogens (tertiary/aromatic N) is 1. The van der Waals surface area contributed by atoms with Crippen LogP contribution in [0.4, 0.5) is 0 Å². The number of rotatable bonds is 4. The summed E-state index contributed by atoms with van der Waals surface area (Å²) in [5.74, 6) is 6.36. The van der Waals surface area contributed by atoms with Crippen LogP contribution in [0.2, 0.25) is 0 Å². The number of nitrogens with one attached hydrogen (secondary N) is 1. The Bertz CT molecular complexity index is 774. The van der Waals surface area contributed by atoms with E-state index in [9.17, 15) is 4.79 Å². The molecule has 25 heavy (non-hydrogen) atoms. The van der Waals surface area contributed by atoms with Gasteiger partial charge in [0.1, 0.15) is 0 Å². The van der Waals surface area contributed by atoms with Crippen molar-refractivity contribution in [1.29, 1.82) is 0 Å². The smallest absolute Gasteiger partial charge is 0.238 e. The zero-order valence-electron chi connectivity index (χ0n) is 14.8. The summed E-state index contributed by atoms with van der Waals surface area (Å²) in [6.45, 7) is 0.